The van der Waals surface area contributed by atoms with Crippen molar-refractivity contribution >= 4 is 11.6 Å². The van der Waals surface area contributed by atoms with Gasteiger partial charge in [0.25, 0.3) is 0 Å². The highest BCUT2D eigenvalue weighted by atomic mass is 35.5. The molecule has 0 unspecified atom stereocenters. The van der Waals surface area contributed by atoms with Gasteiger partial charge in [-0.15, -0.1) is 0 Å². The van der Waals surface area contributed by atoms with Gasteiger partial charge in [0.15, 0.2) is 0 Å². The average Bonchev–Trinajstić information content (AvgIpc) is 2.27. The second-order valence-corrected chi connectivity index (χ2v) is 5.42. The molecule has 1 aliphatic rings. The highest BCUT2D eigenvalue weighted by molar-refractivity contribution is 6.31. The molecular formula is C14H20ClNO2. The average molecular weight is 270 g/mol. The molecule has 3 atom stereocenters. The number of hydrogen-bond donors (Lipinski definition) is 1. The molecule has 1 aromatic rings. The minimum Gasteiger partial charge on any atom is -0.387 e. The maximum atomic E-state index is 10.3. The van der Waals surface area contributed by atoms with E-state index >= 15 is 0 Å². The summed E-state index contributed by atoms with van der Waals surface area (Å²) in [6, 6.07) is 7.46. The summed E-state index contributed by atoms with van der Waals surface area (Å²) >= 11 is 6.09. The Kier molecular flexibility index (Phi) is 4.62. The Labute approximate surface area is 113 Å². The van der Waals surface area contributed by atoms with E-state index in [-0.39, 0.29) is 12.2 Å². The van der Waals surface area contributed by atoms with Gasteiger partial charge in [-0.25, -0.2) is 0 Å². The maximum absolute atomic E-state index is 10.3. The zero-order valence-corrected chi connectivity index (χ0v) is 11.6. The number of aliphatic hydroxyl groups is 1. The highest BCUT2D eigenvalue weighted by Gasteiger charge is 2.24. The lowest BCUT2D eigenvalue weighted by Gasteiger charge is -2.36. The van der Waals surface area contributed by atoms with Crippen LogP contribution in [0, 0.1) is 0 Å². The quantitative estimate of drug-likeness (QED) is 0.915. The molecule has 1 aromatic carbocycles. The largest absolute Gasteiger partial charge is 0.387 e. The predicted molar refractivity (Wildman–Crippen MR) is 72.9 cm³/mol. The van der Waals surface area contributed by atoms with E-state index in [2.05, 4.69) is 18.7 Å². The standard InChI is InChI=1S/C14H20ClNO2/c1-10-7-16(8-11(2)18-10)9-14(17)12-5-3-4-6-13(12)15/h3-6,10-11,14,17H,7-9H2,1-2H3/t10-,11-,14+/m1/s1. The zero-order chi connectivity index (χ0) is 13.1. The topological polar surface area (TPSA) is 32.7 Å². The van der Waals surface area contributed by atoms with E-state index in [9.17, 15) is 5.11 Å². The molecule has 100 valence electrons. The first kappa shape index (κ1) is 13.8. The molecule has 0 aliphatic carbocycles. The second kappa shape index (κ2) is 6.02. The van der Waals surface area contributed by atoms with E-state index in [4.69, 9.17) is 16.3 Å². The lowest BCUT2D eigenvalue weighted by Crippen LogP contribution is -2.46. The molecule has 0 radical (unpaired) electrons. The normalized spacial score (nSPS) is 27.1. The van der Waals surface area contributed by atoms with Gasteiger partial charge in [0.05, 0.1) is 18.3 Å². The number of nitrogens with zero attached hydrogens (tertiary/aromatic N) is 1. The Morgan fingerprint density at radius 2 is 1.94 bits per heavy atom. The third-order valence-corrected chi connectivity index (χ3v) is 3.53. The van der Waals surface area contributed by atoms with Crippen LogP contribution in [0.4, 0.5) is 0 Å². The van der Waals surface area contributed by atoms with Gasteiger partial charge in [-0.2, -0.15) is 0 Å². The van der Waals surface area contributed by atoms with Gasteiger partial charge in [0.2, 0.25) is 0 Å². The van der Waals surface area contributed by atoms with Crippen LogP contribution in [0.15, 0.2) is 24.3 Å². The van der Waals surface area contributed by atoms with Crippen molar-refractivity contribution in [1.82, 2.24) is 4.90 Å². The SMILES string of the molecule is C[C@@H]1CN(C[C@H](O)c2ccccc2Cl)C[C@@H](C)O1. The number of ether oxygens (including phenoxy) is 1. The second-order valence-electron chi connectivity index (χ2n) is 5.01. The van der Waals surface area contributed by atoms with Gasteiger partial charge in [-0.05, 0) is 19.9 Å². The molecule has 1 heterocycles. The van der Waals surface area contributed by atoms with Crippen LogP contribution >= 0.6 is 11.6 Å². The summed E-state index contributed by atoms with van der Waals surface area (Å²) in [5, 5.41) is 10.9. The van der Waals surface area contributed by atoms with Crippen molar-refractivity contribution in [3.8, 4) is 0 Å². The Morgan fingerprint density at radius 1 is 1.33 bits per heavy atom. The van der Waals surface area contributed by atoms with E-state index in [1.807, 2.05) is 24.3 Å². The van der Waals surface area contributed by atoms with E-state index in [1.54, 1.807) is 0 Å². The van der Waals surface area contributed by atoms with E-state index in [1.165, 1.54) is 0 Å². The van der Waals surface area contributed by atoms with Crippen LogP contribution < -0.4 is 0 Å². The molecule has 1 fully saturated rings. The molecule has 1 N–H and O–H groups in total. The highest BCUT2D eigenvalue weighted by Crippen LogP contribution is 2.24. The summed E-state index contributed by atoms with van der Waals surface area (Å²) < 4.78 is 5.68. The van der Waals surface area contributed by atoms with E-state index < -0.39 is 6.10 Å². The summed E-state index contributed by atoms with van der Waals surface area (Å²) in [4.78, 5) is 2.23. The molecule has 0 aromatic heterocycles. The molecular weight excluding hydrogens is 250 g/mol. The first-order valence-electron chi connectivity index (χ1n) is 6.36. The number of rotatable bonds is 3. The lowest BCUT2D eigenvalue weighted by atomic mass is 10.1. The first-order valence-corrected chi connectivity index (χ1v) is 6.74. The Morgan fingerprint density at radius 3 is 2.56 bits per heavy atom. The van der Waals surface area contributed by atoms with Gasteiger partial charge in [-0.3, -0.25) is 4.90 Å². The number of benzene rings is 1. The van der Waals surface area contributed by atoms with Crippen LogP contribution in [0.1, 0.15) is 25.5 Å². The van der Waals surface area contributed by atoms with Crippen molar-refractivity contribution in [3.05, 3.63) is 34.9 Å². The summed E-state index contributed by atoms with van der Waals surface area (Å²) in [5.74, 6) is 0. The van der Waals surface area contributed by atoms with Crippen LogP contribution in [0.3, 0.4) is 0 Å². The summed E-state index contributed by atoms with van der Waals surface area (Å²) in [6.45, 7) is 6.43. The number of hydrogen-bond acceptors (Lipinski definition) is 3. The van der Waals surface area contributed by atoms with Crippen LogP contribution in [-0.2, 0) is 4.74 Å². The summed E-state index contributed by atoms with van der Waals surface area (Å²) in [5.41, 5.74) is 0.797. The Balaban J connectivity index is 1.99. The molecule has 18 heavy (non-hydrogen) atoms. The Bertz CT molecular complexity index is 389. The minimum atomic E-state index is -0.545. The smallest absolute Gasteiger partial charge is 0.0931 e. The number of aliphatic hydroxyl groups excluding tert-OH is 1. The molecule has 2 rings (SSSR count). The van der Waals surface area contributed by atoms with Gasteiger partial charge >= 0.3 is 0 Å². The number of halogens is 1. The van der Waals surface area contributed by atoms with Gasteiger partial charge in [-0.1, -0.05) is 29.8 Å². The number of β-amino-alcohol motifs (C(OH)–C–C–N with tert-alkyl or cyclic N) is 1. The van der Waals surface area contributed by atoms with E-state index in [0.29, 0.717) is 11.6 Å². The van der Waals surface area contributed by atoms with Crippen LogP contribution in [0.5, 0.6) is 0 Å². The molecule has 0 bridgehead atoms. The monoisotopic (exact) mass is 269 g/mol. The molecule has 0 amide bonds. The van der Waals surface area contributed by atoms with Crippen molar-refractivity contribution < 1.29 is 9.84 Å². The molecule has 1 saturated heterocycles. The van der Waals surface area contributed by atoms with Gasteiger partial charge in [0.1, 0.15) is 0 Å². The summed E-state index contributed by atoms with van der Waals surface area (Å²) in [6.07, 6.45) is -0.115. The Hall–Kier alpha value is -0.610. The van der Waals surface area contributed by atoms with Crippen molar-refractivity contribution in [2.75, 3.05) is 19.6 Å². The first-order chi connectivity index (χ1) is 8.56. The fourth-order valence-corrected chi connectivity index (χ4v) is 2.78. The van der Waals surface area contributed by atoms with Crippen LogP contribution in [0.2, 0.25) is 5.02 Å². The van der Waals surface area contributed by atoms with Crippen molar-refractivity contribution in [2.45, 2.75) is 32.2 Å². The minimum absolute atomic E-state index is 0.215. The van der Waals surface area contributed by atoms with Crippen LogP contribution in [-0.4, -0.2) is 41.8 Å². The zero-order valence-electron chi connectivity index (χ0n) is 10.8. The molecule has 4 heteroatoms. The molecule has 0 saturated carbocycles. The van der Waals surface area contributed by atoms with Gasteiger partial charge < -0.3 is 9.84 Å². The van der Waals surface area contributed by atoms with Crippen molar-refractivity contribution in [2.24, 2.45) is 0 Å². The van der Waals surface area contributed by atoms with Crippen molar-refractivity contribution in [3.63, 3.8) is 0 Å². The lowest BCUT2D eigenvalue weighted by molar-refractivity contribution is -0.0767. The summed E-state index contributed by atoms with van der Waals surface area (Å²) in [7, 11) is 0. The maximum Gasteiger partial charge on any atom is 0.0931 e. The van der Waals surface area contributed by atoms with Crippen LogP contribution in [0.25, 0.3) is 0 Å². The van der Waals surface area contributed by atoms with Crippen molar-refractivity contribution in [1.29, 1.82) is 0 Å². The molecule has 1 aliphatic heterocycles. The molecule has 3 nitrogen and oxygen atoms in total. The van der Waals surface area contributed by atoms with E-state index in [0.717, 1.165) is 18.7 Å². The fourth-order valence-electron chi connectivity index (χ4n) is 2.52. The third kappa shape index (κ3) is 3.45. The fraction of sp³-hybridized carbons (Fsp3) is 0.571. The molecule has 0 spiro atoms. The predicted octanol–water partition coefficient (Wildman–Crippen LogP) is 2.48. The third-order valence-electron chi connectivity index (χ3n) is 3.19. The number of morpholine rings is 1. The van der Waals surface area contributed by atoms with Gasteiger partial charge in [0, 0.05) is 30.2 Å².